The summed E-state index contributed by atoms with van der Waals surface area (Å²) >= 11 is 0. The number of rotatable bonds is 16. The van der Waals surface area contributed by atoms with Crippen LogP contribution in [0, 0.1) is 5.92 Å². The van der Waals surface area contributed by atoms with Crippen molar-refractivity contribution in [2.45, 2.75) is 76.0 Å². The highest BCUT2D eigenvalue weighted by Gasteiger charge is 2.54. The van der Waals surface area contributed by atoms with E-state index in [1.165, 1.54) is 42.5 Å². The number of hydrogen-bond donors (Lipinski definition) is 0. The zero-order chi connectivity index (χ0) is 49.1. The second-order valence-electron chi connectivity index (χ2n) is 17.3. The van der Waals surface area contributed by atoms with E-state index in [0.717, 1.165) is 31.2 Å². The number of fused-ring (bicyclic) bond motifs is 1. The van der Waals surface area contributed by atoms with Crippen LogP contribution < -0.4 is 19.8 Å². The average molecular weight is 959 g/mol. The first-order valence-electron chi connectivity index (χ1n) is 23.4. The topological polar surface area (TPSA) is 172 Å². The van der Waals surface area contributed by atoms with Crippen molar-refractivity contribution in [1.82, 2.24) is 0 Å². The van der Waals surface area contributed by atoms with Gasteiger partial charge in [-0.05, 0) is 97.8 Å². The van der Waals surface area contributed by atoms with Crippen molar-refractivity contribution < 1.29 is 61.5 Å². The molecule has 0 N–H and O–H groups in total. The molecule has 1 aliphatic carbocycles. The molecular weight excluding hydrogens is 909 g/mol. The lowest BCUT2D eigenvalue weighted by atomic mass is 9.89. The highest BCUT2D eigenvalue weighted by Crippen LogP contribution is 2.39. The quantitative estimate of drug-likeness (QED) is 0.0509. The van der Waals surface area contributed by atoms with E-state index in [4.69, 9.17) is 42.3 Å². The molecule has 0 unspecified atom stereocenters. The lowest BCUT2D eigenvalue weighted by Crippen LogP contribution is -2.63. The molecule has 0 radical (unpaired) electrons. The number of benzene rings is 6. The smallest absolute Gasteiger partial charge is 0.383 e. The normalized spacial score (nSPS) is 20.7. The van der Waals surface area contributed by atoms with E-state index in [0.29, 0.717) is 11.3 Å². The summed E-state index contributed by atoms with van der Waals surface area (Å²) in [4.78, 5) is 69.6. The minimum atomic E-state index is -1.67. The molecule has 0 spiro atoms. The van der Waals surface area contributed by atoms with E-state index < -0.39 is 66.8 Å². The Hall–Kier alpha value is -8.23. The van der Waals surface area contributed by atoms with Crippen LogP contribution in [0.1, 0.15) is 79.6 Å². The molecule has 7 aromatic rings. The van der Waals surface area contributed by atoms with Gasteiger partial charge in [-0.3, -0.25) is 0 Å². The van der Waals surface area contributed by atoms with Gasteiger partial charge in [-0.2, -0.15) is 0 Å². The number of carbonyl (C=O) groups excluding carboxylic acids is 4. The van der Waals surface area contributed by atoms with E-state index in [1.54, 1.807) is 97.1 Å². The lowest BCUT2D eigenvalue weighted by molar-refractivity contribution is -0.275. The van der Waals surface area contributed by atoms with E-state index in [-0.39, 0.29) is 57.8 Å². The molecule has 9 rings (SSSR count). The third-order valence-electron chi connectivity index (χ3n) is 12.3. The van der Waals surface area contributed by atoms with Crippen LogP contribution >= 0.6 is 0 Å². The maximum Gasteiger partial charge on any atom is 0.383 e. The summed E-state index contributed by atoms with van der Waals surface area (Å²) in [6, 6.07) is 46.5. The number of esters is 4. The fourth-order valence-corrected chi connectivity index (χ4v) is 8.45. The minimum absolute atomic E-state index is 0.0442. The molecule has 0 bridgehead atoms. The summed E-state index contributed by atoms with van der Waals surface area (Å²) in [7, 11) is 0. The van der Waals surface area contributed by atoms with Crippen LogP contribution in [0.15, 0.2) is 179 Å². The van der Waals surface area contributed by atoms with Gasteiger partial charge in [0, 0.05) is 6.07 Å². The number of hydrogen-bond acceptors (Lipinski definition) is 14. The monoisotopic (exact) mass is 958 g/mol. The Morgan fingerprint density at radius 3 is 1.58 bits per heavy atom. The van der Waals surface area contributed by atoms with Crippen molar-refractivity contribution in [1.29, 1.82) is 0 Å². The number of carbonyl (C=O) groups is 4. The predicted molar refractivity (Wildman–Crippen MR) is 258 cm³/mol. The van der Waals surface area contributed by atoms with Crippen molar-refractivity contribution in [3.63, 3.8) is 0 Å². The van der Waals surface area contributed by atoms with Crippen molar-refractivity contribution in [2.75, 3.05) is 6.61 Å². The fourth-order valence-electron chi connectivity index (χ4n) is 8.45. The molecule has 362 valence electrons. The molecular formula is C57H50O14. The largest absolute Gasteiger partial charge is 0.484 e. The van der Waals surface area contributed by atoms with Crippen molar-refractivity contribution >= 4 is 34.8 Å². The summed E-state index contributed by atoms with van der Waals surface area (Å²) in [5.74, 6) is -2.57. The molecule has 2 heterocycles. The first-order valence-corrected chi connectivity index (χ1v) is 23.4. The highest BCUT2D eigenvalue weighted by atomic mass is 16.7. The van der Waals surface area contributed by atoms with Gasteiger partial charge in [0.05, 0.1) is 33.7 Å². The number of ether oxygens (including phenoxy) is 8. The van der Waals surface area contributed by atoms with E-state index >= 15 is 0 Å². The molecule has 1 aromatic heterocycles. The zero-order valence-corrected chi connectivity index (χ0v) is 38.7. The van der Waals surface area contributed by atoms with Gasteiger partial charge >= 0.3 is 29.5 Å². The third kappa shape index (κ3) is 11.8. The molecule has 2 fully saturated rings. The third-order valence-corrected chi connectivity index (χ3v) is 12.3. The van der Waals surface area contributed by atoms with Crippen LogP contribution in [0.4, 0.5) is 0 Å². The highest BCUT2D eigenvalue weighted by molar-refractivity contribution is 5.92. The summed E-state index contributed by atoms with van der Waals surface area (Å²) in [5, 5.41) is 0.400. The van der Waals surface area contributed by atoms with Crippen LogP contribution in [0.5, 0.6) is 17.2 Å². The molecule has 5 atom stereocenters. The summed E-state index contributed by atoms with van der Waals surface area (Å²) in [6.45, 7) is 1.76. The molecule has 1 saturated heterocycles. The molecule has 1 saturated carbocycles. The van der Waals surface area contributed by atoms with Crippen molar-refractivity contribution in [3.8, 4) is 17.2 Å². The molecule has 0 amide bonds. The molecule has 71 heavy (non-hydrogen) atoms. The van der Waals surface area contributed by atoms with Gasteiger partial charge in [0.1, 0.15) is 30.7 Å². The summed E-state index contributed by atoms with van der Waals surface area (Å²) in [6.07, 6.45) is -4.79. The first-order chi connectivity index (χ1) is 34.7. The Kier molecular flexibility index (Phi) is 15.1. The Morgan fingerprint density at radius 1 is 0.535 bits per heavy atom. The van der Waals surface area contributed by atoms with Crippen molar-refractivity contribution in [2.24, 2.45) is 5.92 Å². The maximum atomic E-state index is 14.1. The zero-order valence-electron chi connectivity index (χ0n) is 38.7. The second kappa shape index (κ2) is 22.5. The van der Waals surface area contributed by atoms with Gasteiger partial charge in [0.15, 0.2) is 18.0 Å². The van der Waals surface area contributed by atoms with Gasteiger partial charge in [-0.15, -0.1) is 0 Å². The second-order valence-corrected chi connectivity index (χ2v) is 17.3. The predicted octanol–water partition coefficient (Wildman–Crippen LogP) is 9.97. The minimum Gasteiger partial charge on any atom is -0.484 e. The SMILES string of the molecule is CC1CCC(Oc2c(OCc3ccccc3)c3ccc(O[C@H]4O[C@H](COC(=O)c5ccccc5)[C@@H](OC(=O)c5ccccc5)[C@H](OC(=O)c5ccccc5)[C@@H]4OC(=O)c4ccccc4)cc3oc2=O)CC1. The fraction of sp³-hybridized carbons (Fsp3) is 0.246. The van der Waals surface area contributed by atoms with Crippen LogP contribution in [0.3, 0.4) is 0 Å². The van der Waals surface area contributed by atoms with E-state index in [9.17, 15) is 24.0 Å². The standard InChI is InChI=1S/C57H50O14/c1-36-27-29-42(30-28-36)65-50-47(63-34-37-17-7-2-8-18-37)44-32-31-43(33-45(44)67-56(50)62)66-57-51(71-55(61)41-25-15-6-16-26-41)49(70-54(60)40-23-13-5-14-24-40)48(69-53(59)39-21-11-4-12-22-39)46(68-57)35-64-52(58)38-19-9-3-10-20-38/h2-26,31-33,36,42,46,48-49,51,57H,27-30,34-35H2,1H3/t36?,42?,46-,48-,49+,51+,57+/m1/s1. The molecule has 6 aromatic carbocycles. The Bertz CT molecular complexity index is 2980. The van der Waals surface area contributed by atoms with Gasteiger partial charge in [-0.25, -0.2) is 24.0 Å². The van der Waals surface area contributed by atoms with E-state index in [1.807, 2.05) is 30.3 Å². The Labute approximate surface area is 408 Å². The van der Waals surface area contributed by atoms with Crippen LogP contribution in [-0.4, -0.2) is 67.3 Å². The van der Waals surface area contributed by atoms with Crippen LogP contribution in [0.25, 0.3) is 11.0 Å². The summed E-state index contributed by atoms with van der Waals surface area (Å²) < 4.78 is 56.2. The average Bonchev–Trinajstić information content (AvgIpc) is 3.41. The summed E-state index contributed by atoms with van der Waals surface area (Å²) in [5.41, 5.74) is 0.774. The first kappa shape index (κ1) is 47.8. The molecule has 2 aliphatic rings. The van der Waals surface area contributed by atoms with Gasteiger partial charge in [0.2, 0.25) is 18.1 Å². The van der Waals surface area contributed by atoms with Crippen molar-refractivity contribution in [3.05, 3.63) is 208 Å². The molecule has 1 aliphatic heterocycles. The van der Waals surface area contributed by atoms with Gasteiger partial charge in [0.25, 0.3) is 0 Å². The molecule has 14 nitrogen and oxygen atoms in total. The van der Waals surface area contributed by atoms with Gasteiger partial charge in [-0.1, -0.05) is 110 Å². The van der Waals surface area contributed by atoms with Crippen LogP contribution in [0.2, 0.25) is 0 Å². The Morgan fingerprint density at radius 2 is 1.03 bits per heavy atom. The van der Waals surface area contributed by atoms with Gasteiger partial charge < -0.3 is 42.3 Å². The van der Waals surface area contributed by atoms with E-state index in [2.05, 4.69) is 6.92 Å². The molecule has 14 heteroatoms. The lowest BCUT2D eigenvalue weighted by Gasteiger charge is -2.44. The maximum absolute atomic E-state index is 14.1. The Balaban J connectivity index is 1.12. The van der Waals surface area contributed by atoms with Crippen LogP contribution in [-0.2, 0) is 30.3 Å².